The molecule has 0 unspecified atom stereocenters. The molecule has 1 aliphatic heterocycles. The fourth-order valence-corrected chi connectivity index (χ4v) is 1.17. The van der Waals surface area contributed by atoms with Crippen molar-refractivity contribution in [3.8, 4) is 0 Å². The molecular formula is C9H15N. The summed E-state index contributed by atoms with van der Waals surface area (Å²) >= 11 is 0. The van der Waals surface area contributed by atoms with Gasteiger partial charge in [0.25, 0.3) is 0 Å². The van der Waals surface area contributed by atoms with Gasteiger partial charge in [0.05, 0.1) is 0 Å². The summed E-state index contributed by atoms with van der Waals surface area (Å²) in [6.45, 7) is 5.38. The molecule has 0 bridgehead atoms. The molecule has 10 heavy (non-hydrogen) atoms. The number of allylic oxidation sites excluding steroid dienone is 4. The molecule has 0 spiro atoms. The zero-order valence-corrected chi connectivity index (χ0v) is 6.78. The highest BCUT2D eigenvalue weighted by Crippen LogP contribution is 2.05. The molecule has 1 heterocycles. The molecule has 56 valence electrons. The second kappa shape index (κ2) is 3.45. The quantitative estimate of drug-likeness (QED) is 0.540. The van der Waals surface area contributed by atoms with Crippen molar-refractivity contribution < 1.29 is 0 Å². The minimum atomic E-state index is 1.12. The molecular weight excluding hydrogens is 122 g/mol. The molecule has 1 aliphatic rings. The zero-order valence-electron chi connectivity index (χ0n) is 6.78. The van der Waals surface area contributed by atoms with Crippen LogP contribution in [0.5, 0.6) is 0 Å². The lowest BCUT2D eigenvalue weighted by molar-refractivity contribution is 0.725. The minimum absolute atomic E-state index is 1.12. The van der Waals surface area contributed by atoms with Crippen molar-refractivity contribution in [2.24, 2.45) is 0 Å². The molecule has 0 aromatic heterocycles. The molecule has 1 N–H and O–H groups in total. The molecule has 0 saturated carbocycles. The maximum absolute atomic E-state index is 3.34. The molecule has 0 atom stereocenters. The fourth-order valence-electron chi connectivity index (χ4n) is 1.17. The van der Waals surface area contributed by atoms with Crippen molar-refractivity contribution in [3.05, 3.63) is 23.4 Å². The molecule has 0 fully saturated rings. The van der Waals surface area contributed by atoms with E-state index < -0.39 is 0 Å². The second-order valence-electron chi connectivity index (χ2n) is 2.84. The first kappa shape index (κ1) is 7.39. The summed E-state index contributed by atoms with van der Waals surface area (Å²) < 4.78 is 0. The summed E-state index contributed by atoms with van der Waals surface area (Å²) in [6.07, 6.45) is 6.95. The van der Waals surface area contributed by atoms with Gasteiger partial charge in [-0.2, -0.15) is 0 Å². The van der Waals surface area contributed by atoms with Crippen LogP contribution in [-0.2, 0) is 0 Å². The number of hydrogen-bond acceptors (Lipinski definition) is 1. The van der Waals surface area contributed by atoms with Crippen molar-refractivity contribution >= 4 is 0 Å². The van der Waals surface area contributed by atoms with Gasteiger partial charge in [-0.3, -0.25) is 0 Å². The maximum atomic E-state index is 3.34. The molecule has 0 saturated heterocycles. The highest BCUT2D eigenvalue weighted by Gasteiger charge is 1.93. The molecule has 0 amide bonds. The van der Waals surface area contributed by atoms with Gasteiger partial charge in [0, 0.05) is 12.2 Å². The Balaban J connectivity index is 2.63. The average Bonchev–Trinajstić information content (AvgIpc) is 1.83. The molecule has 1 nitrogen and oxygen atoms in total. The van der Waals surface area contributed by atoms with Gasteiger partial charge >= 0.3 is 0 Å². The Labute approximate surface area is 62.8 Å². The third kappa shape index (κ3) is 2.26. The van der Waals surface area contributed by atoms with Crippen molar-refractivity contribution in [2.75, 3.05) is 6.54 Å². The van der Waals surface area contributed by atoms with Gasteiger partial charge in [0.2, 0.25) is 0 Å². The Hall–Kier alpha value is -0.720. The topological polar surface area (TPSA) is 12.0 Å². The lowest BCUT2D eigenvalue weighted by Crippen LogP contribution is -2.13. The van der Waals surface area contributed by atoms with E-state index in [0.29, 0.717) is 0 Å². The Kier molecular flexibility index (Phi) is 2.55. The van der Waals surface area contributed by atoms with Crippen molar-refractivity contribution in [1.29, 1.82) is 0 Å². The first-order valence-corrected chi connectivity index (χ1v) is 3.88. The predicted molar refractivity (Wildman–Crippen MR) is 44.8 cm³/mol. The normalized spacial score (nSPS) is 30.2. The Bertz CT molecular complexity index is 166. The standard InChI is InChI=1S/C9H15N/c1-8-5-3-4-6-10-9(2)7-8/h5,7,10H,3-4,6H2,1-2H3/b8-5+,9-7-. The van der Waals surface area contributed by atoms with E-state index in [1.54, 1.807) is 0 Å². The summed E-state index contributed by atoms with van der Waals surface area (Å²) in [6, 6.07) is 0. The van der Waals surface area contributed by atoms with Crippen LogP contribution in [0.3, 0.4) is 0 Å². The van der Waals surface area contributed by atoms with E-state index in [9.17, 15) is 0 Å². The van der Waals surface area contributed by atoms with Gasteiger partial charge in [-0.25, -0.2) is 0 Å². The van der Waals surface area contributed by atoms with Gasteiger partial charge in [-0.1, -0.05) is 11.6 Å². The summed E-state index contributed by atoms with van der Waals surface area (Å²) in [5, 5.41) is 3.34. The van der Waals surface area contributed by atoms with E-state index in [2.05, 4.69) is 31.3 Å². The van der Waals surface area contributed by atoms with Gasteiger partial charge in [-0.15, -0.1) is 0 Å². The highest BCUT2D eigenvalue weighted by molar-refractivity contribution is 5.20. The maximum Gasteiger partial charge on any atom is 0.0146 e. The van der Waals surface area contributed by atoms with Gasteiger partial charge < -0.3 is 5.32 Å². The summed E-state index contributed by atoms with van der Waals surface area (Å²) in [5.41, 5.74) is 2.66. The van der Waals surface area contributed by atoms with Crippen LogP contribution in [0.1, 0.15) is 26.7 Å². The van der Waals surface area contributed by atoms with Crippen LogP contribution in [0.25, 0.3) is 0 Å². The van der Waals surface area contributed by atoms with E-state index in [4.69, 9.17) is 0 Å². The second-order valence-corrected chi connectivity index (χ2v) is 2.84. The highest BCUT2D eigenvalue weighted by atomic mass is 14.9. The van der Waals surface area contributed by atoms with Crippen molar-refractivity contribution in [2.45, 2.75) is 26.7 Å². The van der Waals surface area contributed by atoms with Gasteiger partial charge in [0.15, 0.2) is 0 Å². The Morgan fingerprint density at radius 3 is 3.00 bits per heavy atom. The van der Waals surface area contributed by atoms with Crippen LogP contribution in [0.2, 0.25) is 0 Å². The van der Waals surface area contributed by atoms with E-state index in [1.807, 2.05) is 0 Å². The minimum Gasteiger partial charge on any atom is -0.389 e. The van der Waals surface area contributed by atoms with Crippen LogP contribution in [0.4, 0.5) is 0 Å². The van der Waals surface area contributed by atoms with Crippen LogP contribution in [0.15, 0.2) is 23.4 Å². The monoisotopic (exact) mass is 137 g/mol. The molecule has 0 aliphatic carbocycles. The van der Waals surface area contributed by atoms with Gasteiger partial charge in [0.1, 0.15) is 0 Å². The summed E-state index contributed by atoms with van der Waals surface area (Å²) in [7, 11) is 0. The largest absolute Gasteiger partial charge is 0.389 e. The summed E-state index contributed by atoms with van der Waals surface area (Å²) in [4.78, 5) is 0. The smallest absolute Gasteiger partial charge is 0.0146 e. The lowest BCUT2D eigenvalue weighted by Gasteiger charge is -2.08. The average molecular weight is 137 g/mol. The van der Waals surface area contributed by atoms with E-state index in [-0.39, 0.29) is 0 Å². The number of nitrogens with one attached hydrogen (secondary N) is 1. The Morgan fingerprint density at radius 1 is 1.40 bits per heavy atom. The van der Waals surface area contributed by atoms with Crippen LogP contribution < -0.4 is 5.32 Å². The zero-order chi connectivity index (χ0) is 7.40. The number of rotatable bonds is 0. The third-order valence-corrected chi connectivity index (χ3v) is 1.70. The SMILES string of the molecule is C/C1=C/C(C)=C/CCCN1. The first-order chi connectivity index (χ1) is 4.79. The predicted octanol–water partition coefficient (Wildman–Crippen LogP) is 2.22. The molecule has 0 aromatic rings. The Morgan fingerprint density at radius 2 is 2.20 bits per heavy atom. The molecule has 1 heteroatoms. The number of hydrogen-bond donors (Lipinski definition) is 1. The molecule has 0 aromatic carbocycles. The van der Waals surface area contributed by atoms with E-state index in [0.717, 1.165) is 6.54 Å². The van der Waals surface area contributed by atoms with Crippen molar-refractivity contribution in [1.82, 2.24) is 5.32 Å². The molecule has 0 radical (unpaired) electrons. The summed E-state index contributed by atoms with van der Waals surface area (Å²) in [5.74, 6) is 0. The van der Waals surface area contributed by atoms with Crippen molar-refractivity contribution in [3.63, 3.8) is 0 Å². The third-order valence-electron chi connectivity index (χ3n) is 1.70. The van der Waals surface area contributed by atoms with Crippen LogP contribution >= 0.6 is 0 Å². The first-order valence-electron chi connectivity index (χ1n) is 3.88. The van der Waals surface area contributed by atoms with Gasteiger partial charge in [-0.05, 0) is 32.8 Å². The van der Waals surface area contributed by atoms with Crippen LogP contribution in [0, 0.1) is 0 Å². The van der Waals surface area contributed by atoms with Crippen LogP contribution in [-0.4, -0.2) is 6.54 Å². The fraction of sp³-hybridized carbons (Fsp3) is 0.556. The van der Waals surface area contributed by atoms with E-state index >= 15 is 0 Å². The molecule has 1 rings (SSSR count). The lowest BCUT2D eigenvalue weighted by atomic mass is 10.1. The van der Waals surface area contributed by atoms with E-state index in [1.165, 1.54) is 24.1 Å².